The van der Waals surface area contributed by atoms with Gasteiger partial charge in [-0.2, -0.15) is 0 Å². The van der Waals surface area contributed by atoms with Crippen LogP contribution in [0.2, 0.25) is 0 Å². The number of carboxylic acid groups (broad SMARTS) is 2. The molecule has 1 amide bonds. The number of carbonyl (C=O) groups is 3. The van der Waals surface area contributed by atoms with Crippen molar-refractivity contribution in [3.05, 3.63) is 29.3 Å². The van der Waals surface area contributed by atoms with Crippen molar-refractivity contribution in [3.8, 4) is 0 Å². The lowest BCUT2D eigenvalue weighted by molar-refractivity contribution is -0.159. The molecule has 1 aliphatic rings. The number of carboxylic acids is 2. The monoisotopic (exact) mass is 380 g/mol. The van der Waals surface area contributed by atoms with Crippen LogP contribution in [0.5, 0.6) is 0 Å². The summed E-state index contributed by atoms with van der Waals surface area (Å²) >= 11 is 0. The molecule has 1 heterocycles. The summed E-state index contributed by atoms with van der Waals surface area (Å²) in [5.74, 6) is -3.03. The van der Waals surface area contributed by atoms with Gasteiger partial charge in [0.2, 0.25) is 5.91 Å². The van der Waals surface area contributed by atoms with Gasteiger partial charge in [-0.1, -0.05) is 6.07 Å². The minimum atomic E-state index is -1.82. The maximum atomic E-state index is 12.2. The molecule has 0 radical (unpaired) electrons. The van der Waals surface area contributed by atoms with Crippen molar-refractivity contribution in [2.45, 2.75) is 26.7 Å². The molecule has 0 bridgehead atoms. The highest BCUT2D eigenvalue weighted by atomic mass is 16.5. The van der Waals surface area contributed by atoms with Gasteiger partial charge >= 0.3 is 11.9 Å². The number of anilines is 1. The third-order valence-corrected chi connectivity index (χ3v) is 4.35. The molecular formula is C19H28N2O6. The molecule has 1 unspecified atom stereocenters. The third-order valence-electron chi connectivity index (χ3n) is 4.35. The van der Waals surface area contributed by atoms with Gasteiger partial charge in [0, 0.05) is 19.3 Å². The second-order valence-electron chi connectivity index (χ2n) is 6.66. The Kier molecular flexibility index (Phi) is 9.46. The predicted molar refractivity (Wildman–Crippen MR) is 101 cm³/mol. The third kappa shape index (κ3) is 8.65. The zero-order valence-corrected chi connectivity index (χ0v) is 16.0. The molecule has 0 spiro atoms. The van der Waals surface area contributed by atoms with Gasteiger partial charge in [-0.25, -0.2) is 9.59 Å². The smallest absolute Gasteiger partial charge is 0.414 e. The van der Waals surface area contributed by atoms with Crippen LogP contribution in [0, 0.1) is 19.8 Å². The molecule has 8 heteroatoms. The maximum absolute atomic E-state index is 12.2. The number of amides is 1. The van der Waals surface area contributed by atoms with E-state index in [4.69, 9.17) is 24.5 Å². The van der Waals surface area contributed by atoms with Gasteiger partial charge in [0.05, 0.1) is 13.2 Å². The Balaban J connectivity index is 0.000000527. The fourth-order valence-corrected chi connectivity index (χ4v) is 2.89. The Morgan fingerprint density at radius 3 is 2.41 bits per heavy atom. The zero-order valence-electron chi connectivity index (χ0n) is 16.0. The molecule has 2 rings (SSSR count). The number of aryl methyl sites for hydroxylation is 2. The minimum absolute atomic E-state index is 0.0660. The van der Waals surface area contributed by atoms with Crippen LogP contribution in [0.15, 0.2) is 18.2 Å². The molecule has 1 aromatic rings. The van der Waals surface area contributed by atoms with Crippen molar-refractivity contribution in [1.82, 2.24) is 4.90 Å². The molecule has 3 N–H and O–H groups in total. The van der Waals surface area contributed by atoms with Gasteiger partial charge in [-0.05, 0) is 62.4 Å². The highest BCUT2D eigenvalue weighted by Crippen LogP contribution is 2.17. The highest BCUT2D eigenvalue weighted by Gasteiger charge is 2.21. The van der Waals surface area contributed by atoms with Crippen LogP contribution in [-0.4, -0.2) is 66.3 Å². The Labute approximate surface area is 159 Å². The molecule has 27 heavy (non-hydrogen) atoms. The topological polar surface area (TPSA) is 116 Å². The second kappa shape index (κ2) is 11.3. The van der Waals surface area contributed by atoms with E-state index in [0.717, 1.165) is 31.8 Å². The predicted octanol–water partition coefficient (Wildman–Crippen LogP) is 1.76. The van der Waals surface area contributed by atoms with Gasteiger partial charge < -0.3 is 20.3 Å². The first-order valence-corrected chi connectivity index (χ1v) is 8.77. The average molecular weight is 380 g/mol. The van der Waals surface area contributed by atoms with Crippen molar-refractivity contribution in [2.24, 2.45) is 5.92 Å². The molecule has 0 aromatic heterocycles. The first-order chi connectivity index (χ1) is 12.7. The number of nitrogens with zero attached hydrogens (tertiary/aromatic N) is 1. The molecule has 0 aliphatic carbocycles. The lowest BCUT2D eigenvalue weighted by Gasteiger charge is -2.31. The first-order valence-electron chi connectivity index (χ1n) is 8.77. The van der Waals surface area contributed by atoms with Gasteiger partial charge in [-0.3, -0.25) is 9.69 Å². The first kappa shape index (κ1) is 22.6. The molecule has 1 atom stereocenters. The largest absolute Gasteiger partial charge is 0.473 e. The number of ether oxygens (including phenoxy) is 1. The van der Waals surface area contributed by atoms with E-state index in [0.29, 0.717) is 12.5 Å². The van der Waals surface area contributed by atoms with Gasteiger partial charge in [0.1, 0.15) is 0 Å². The van der Waals surface area contributed by atoms with E-state index in [1.54, 1.807) is 7.11 Å². The van der Waals surface area contributed by atoms with E-state index >= 15 is 0 Å². The second-order valence-corrected chi connectivity index (χ2v) is 6.66. The Morgan fingerprint density at radius 1 is 1.19 bits per heavy atom. The summed E-state index contributed by atoms with van der Waals surface area (Å²) < 4.78 is 5.23. The van der Waals surface area contributed by atoms with E-state index in [1.807, 2.05) is 18.2 Å². The summed E-state index contributed by atoms with van der Waals surface area (Å²) in [6.07, 6.45) is 2.34. The number of likely N-dealkylation sites (tertiary alicyclic amines) is 1. The molecule has 8 nitrogen and oxygen atoms in total. The number of aliphatic carboxylic acids is 2. The standard InChI is InChI=1S/C17H26N2O2.C2H2O4/c1-13-6-7-16(9-14(13)2)18-17(20)11-19-8-4-5-15(10-19)12-21-3;3-1(4)2(5)6/h6-7,9,15H,4-5,8,10-12H2,1-3H3,(H,18,20);(H,3,4)(H,5,6). The van der Waals surface area contributed by atoms with E-state index < -0.39 is 11.9 Å². The molecular weight excluding hydrogens is 352 g/mol. The molecule has 1 aliphatic heterocycles. The quantitative estimate of drug-likeness (QED) is 0.667. The van der Waals surface area contributed by atoms with E-state index in [-0.39, 0.29) is 5.91 Å². The van der Waals surface area contributed by atoms with Crippen LogP contribution in [0.1, 0.15) is 24.0 Å². The summed E-state index contributed by atoms with van der Waals surface area (Å²) in [4.78, 5) is 32.6. The van der Waals surface area contributed by atoms with Crippen LogP contribution in [0.4, 0.5) is 5.69 Å². The molecule has 1 saturated heterocycles. The number of hydrogen-bond donors (Lipinski definition) is 3. The zero-order chi connectivity index (χ0) is 20.4. The lowest BCUT2D eigenvalue weighted by Crippen LogP contribution is -2.41. The van der Waals surface area contributed by atoms with Crippen molar-refractivity contribution in [1.29, 1.82) is 0 Å². The van der Waals surface area contributed by atoms with Crippen molar-refractivity contribution < 1.29 is 29.3 Å². The summed E-state index contributed by atoms with van der Waals surface area (Å²) in [5, 5.41) is 17.8. The van der Waals surface area contributed by atoms with Crippen LogP contribution in [0.3, 0.4) is 0 Å². The molecule has 1 fully saturated rings. The summed E-state index contributed by atoms with van der Waals surface area (Å²) in [6, 6.07) is 6.03. The summed E-state index contributed by atoms with van der Waals surface area (Å²) in [5.41, 5.74) is 3.32. The van der Waals surface area contributed by atoms with E-state index in [1.165, 1.54) is 17.5 Å². The Hall–Kier alpha value is -2.45. The Bertz CT molecular complexity index is 648. The van der Waals surface area contributed by atoms with Gasteiger partial charge in [0.25, 0.3) is 0 Å². The Morgan fingerprint density at radius 2 is 1.85 bits per heavy atom. The fourth-order valence-electron chi connectivity index (χ4n) is 2.89. The molecule has 150 valence electrons. The number of nitrogens with one attached hydrogen (secondary N) is 1. The molecule has 0 saturated carbocycles. The minimum Gasteiger partial charge on any atom is -0.473 e. The van der Waals surface area contributed by atoms with Gasteiger partial charge in [-0.15, -0.1) is 0 Å². The van der Waals surface area contributed by atoms with Crippen molar-refractivity contribution >= 4 is 23.5 Å². The maximum Gasteiger partial charge on any atom is 0.414 e. The lowest BCUT2D eigenvalue weighted by atomic mass is 9.99. The fraction of sp³-hybridized carbons (Fsp3) is 0.526. The van der Waals surface area contributed by atoms with Crippen molar-refractivity contribution in [2.75, 3.05) is 38.7 Å². The number of carbonyl (C=O) groups excluding carboxylic acids is 1. The number of benzene rings is 1. The van der Waals surface area contributed by atoms with Crippen LogP contribution < -0.4 is 5.32 Å². The van der Waals surface area contributed by atoms with Gasteiger partial charge in [0.15, 0.2) is 0 Å². The van der Waals surface area contributed by atoms with E-state index in [9.17, 15) is 4.79 Å². The normalized spacial score (nSPS) is 16.8. The average Bonchev–Trinajstić information content (AvgIpc) is 2.59. The van der Waals surface area contributed by atoms with E-state index in [2.05, 4.69) is 24.1 Å². The summed E-state index contributed by atoms with van der Waals surface area (Å²) in [6.45, 7) is 7.34. The highest BCUT2D eigenvalue weighted by molar-refractivity contribution is 6.27. The van der Waals surface area contributed by atoms with Crippen LogP contribution >= 0.6 is 0 Å². The number of piperidine rings is 1. The molecule has 1 aromatic carbocycles. The SMILES string of the molecule is COCC1CCCN(CC(=O)Nc2ccc(C)c(C)c2)C1.O=C(O)C(=O)O. The number of rotatable bonds is 5. The number of methoxy groups -OCH3 is 1. The van der Waals surface area contributed by atoms with Crippen LogP contribution in [0.25, 0.3) is 0 Å². The van der Waals surface area contributed by atoms with Crippen molar-refractivity contribution in [3.63, 3.8) is 0 Å². The number of hydrogen-bond acceptors (Lipinski definition) is 5. The summed E-state index contributed by atoms with van der Waals surface area (Å²) in [7, 11) is 1.74. The van der Waals surface area contributed by atoms with Crippen LogP contribution in [-0.2, 0) is 19.1 Å².